The van der Waals surface area contributed by atoms with Crippen LogP contribution >= 0.6 is 23.1 Å². The van der Waals surface area contributed by atoms with Gasteiger partial charge in [0.25, 0.3) is 0 Å². The third kappa shape index (κ3) is 6.35. The molecule has 0 amide bonds. The minimum atomic E-state index is -4.35. The minimum Gasteiger partial charge on any atom is -0.479 e. The van der Waals surface area contributed by atoms with Crippen LogP contribution in [0.25, 0.3) is 20.8 Å². The molecule has 1 aromatic heterocycles. The normalized spacial score (nSPS) is 12.5. The summed E-state index contributed by atoms with van der Waals surface area (Å²) in [5.41, 5.74) is 1.90. The number of benzene rings is 3. The van der Waals surface area contributed by atoms with Crippen LogP contribution in [0.3, 0.4) is 0 Å². The van der Waals surface area contributed by atoms with Crippen molar-refractivity contribution >= 4 is 39.3 Å². The lowest BCUT2D eigenvalue weighted by molar-refractivity contribution is -0.150. The predicted molar refractivity (Wildman–Crippen MR) is 133 cm³/mol. The summed E-state index contributed by atoms with van der Waals surface area (Å²) in [5.74, 6) is 0.919. The largest absolute Gasteiger partial charge is 0.479 e. The van der Waals surface area contributed by atoms with Crippen LogP contribution in [0, 0.1) is 0 Å². The molecule has 0 aliphatic heterocycles. The second-order valence-corrected chi connectivity index (χ2v) is 9.75. The van der Waals surface area contributed by atoms with Gasteiger partial charge < -0.3 is 9.47 Å². The molecule has 4 aromatic rings. The SMILES string of the molecule is CCOC(=O)C(C)Oc1ccc(SCc2ccc3sc(-c4ccc(C(F)(F)F)cc4)nc3c2)cc1. The third-order valence-corrected chi connectivity index (χ3v) is 7.24. The van der Waals surface area contributed by atoms with Gasteiger partial charge in [0, 0.05) is 16.2 Å². The zero-order valence-corrected chi connectivity index (χ0v) is 20.6. The second-order valence-electron chi connectivity index (χ2n) is 7.67. The van der Waals surface area contributed by atoms with Gasteiger partial charge in [-0.2, -0.15) is 13.2 Å². The van der Waals surface area contributed by atoms with Crippen molar-refractivity contribution in [2.75, 3.05) is 6.61 Å². The summed E-state index contributed by atoms with van der Waals surface area (Å²) >= 11 is 3.11. The standard InChI is InChI=1S/C26H22F3NO3S2/c1-3-32-25(31)16(2)33-20-9-11-21(12-10-20)34-15-17-4-13-23-22(14-17)30-24(35-23)18-5-7-19(8-6-18)26(27,28)29/h4-14,16H,3,15H2,1-2H3. The number of rotatable bonds is 8. The summed E-state index contributed by atoms with van der Waals surface area (Å²) in [6.07, 6.45) is -5.03. The number of alkyl halides is 3. The summed E-state index contributed by atoms with van der Waals surface area (Å²) in [7, 11) is 0. The molecule has 0 spiro atoms. The molecule has 0 aliphatic carbocycles. The van der Waals surface area contributed by atoms with Crippen molar-refractivity contribution in [1.29, 1.82) is 0 Å². The molecule has 1 heterocycles. The lowest BCUT2D eigenvalue weighted by atomic mass is 10.1. The molecule has 9 heteroatoms. The maximum atomic E-state index is 12.8. The van der Waals surface area contributed by atoms with Gasteiger partial charge in [-0.05, 0) is 67.9 Å². The molecule has 0 aliphatic rings. The molecule has 0 saturated carbocycles. The van der Waals surface area contributed by atoms with E-state index in [4.69, 9.17) is 9.47 Å². The van der Waals surface area contributed by atoms with Gasteiger partial charge >= 0.3 is 12.1 Å². The Kier molecular flexibility index (Phi) is 7.66. The number of ether oxygens (including phenoxy) is 2. The number of hydrogen-bond donors (Lipinski definition) is 0. The van der Waals surface area contributed by atoms with Crippen LogP contribution in [0.2, 0.25) is 0 Å². The Balaban J connectivity index is 1.39. The first-order chi connectivity index (χ1) is 16.7. The maximum absolute atomic E-state index is 12.8. The van der Waals surface area contributed by atoms with E-state index >= 15 is 0 Å². The summed E-state index contributed by atoms with van der Waals surface area (Å²) in [6.45, 7) is 3.71. The predicted octanol–water partition coefficient (Wildman–Crippen LogP) is 7.60. The molecule has 1 atom stereocenters. The summed E-state index contributed by atoms with van der Waals surface area (Å²) < 4.78 is 50.0. The van der Waals surface area contributed by atoms with E-state index in [9.17, 15) is 18.0 Å². The molecular weight excluding hydrogens is 495 g/mol. The van der Waals surface area contributed by atoms with Crippen LogP contribution in [0.15, 0.2) is 71.6 Å². The lowest BCUT2D eigenvalue weighted by Gasteiger charge is -2.13. The van der Waals surface area contributed by atoms with Gasteiger partial charge in [0.15, 0.2) is 6.10 Å². The van der Waals surface area contributed by atoms with Gasteiger partial charge in [-0.3, -0.25) is 0 Å². The Labute approximate surface area is 209 Å². The molecule has 3 aromatic carbocycles. The number of halogens is 3. The summed E-state index contributed by atoms with van der Waals surface area (Å²) in [5, 5.41) is 0.686. The van der Waals surface area contributed by atoms with Gasteiger partial charge in [0.2, 0.25) is 0 Å². The zero-order valence-electron chi connectivity index (χ0n) is 19.0. The number of thiazole rings is 1. The Morgan fingerprint density at radius 1 is 1.06 bits per heavy atom. The summed E-state index contributed by atoms with van der Waals surface area (Å²) in [4.78, 5) is 17.4. The zero-order chi connectivity index (χ0) is 25.0. The van der Waals surface area contributed by atoms with Crippen LogP contribution in [0.1, 0.15) is 25.0 Å². The monoisotopic (exact) mass is 517 g/mol. The second kappa shape index (κ2) is 10.7. The van der Waals surface area contributed by atoms with Crippen LogP contribution in [0.5, 0.6) is 5.75 Å². The molecule has 182 valence electrons. The van der Waals surface area contributed by atoms with Crippen LogP contribution in [0.4, 0.5) is 13.2 Å². The number of carbonyl (C=O) groups is 1. The average Bonchev–Trinajstić information content (AvgIpc) is 3.27. The number of esters is 1. The average molecular weight is 518 g/mol. The van der Waals surface area contributed by atoms with Crippen molar-refractivity contribution in [1.82, 2.24) is 4.98 Å². The van der Waals surface area contributed by atoms with E-state index in [1.807, 2.05) is 42.5 Å². The smallest absolute Gasteiger partial charge is 0.416 e. The Morgan fingerprint density at radius 3 is 2.43 bits per heavy atom. The highest BCUT2D eigenvalue weighted by atomic mass is 32.2. The highest BCUT2D eigenvalue weighted by Crippen LogP contribution is 2.35. The van der Waals surface area contributed by atoms with Crippen molar-refractivity contribution in [2.45, 2.75) is 36.8 Å². The molecule has 0 bridgehead atoms. The van der Waals surface area contributed by atoms with Gasteiger partial charge in [-0.25, -0.2) is 9.78 Å². The lowest BCUT2D eigenvalue weighted by Crippen LogP contribution is -2.25. The first-order valence-electron chi connectivity index (χ1n) is 10.9. The van der Waals surface area contributed by atoms with Gasteiger partial charge in [0.1, 0.15) is 10.8 Å². The van der Waals surface area contributed by atoms with Crippen molar-refractivity contribution < 1.29 is 27.4 Å². The van der Waals surface area contributed by atoms with Crippen molar-refractivity contribution in [3.8, 4) is 16.3 Å². The fourth-order valence-electron chi connectivity index (χ4n) is 3.28. The summed E-state index contributed by atoms with van der Waals surface area (Å²) in [6, 6.07) is 18.6. The Morgan fingerprint density at radius 2 is 1.77 bits per heavy atom. The van der Waals surface area contributed by atoms with Crippen LogP contribution in [-0.2, 0) is 21.5 Å². The van der Waals surface area contributed by atoms with Gasteiger partial charge in [0.05, 0.1) is 22.4 Å². The van der Waals surface area contributed by atoms with E-state index in [1.165, 1.54) is 23.5 Å². The number of hydrogen-bond acceptors (Lipinski definition) is 6. The number of aromatic nitrogens is 1. The number of nitrogens with zero attached hydrogens (tertiary/aromatic N) is 1. The number of thioether (sulfide) groups is 1. The van der Waals surface area contributed by atoms with Crippen molar-refractivity contribution in [2.24, 2.45) is 0 Å². The highest BCUT2D eigenvalue weighted by molar-refractivity contribution is 7.98. The molecule has 35 heavy (non-hydrogen) atoms. The number of fused-ring (bicyclic) bond motifs is 1. The Hall–Kier alpha value is -3.04. The molecule has 0 saturated heterocycles. The first-order valence-corrected chi connectivity index (χ1v) is 12.7. The van der Waals surface area contributed by atoms with Gasteiger partial charge in [-0.1, -0.05) is 18.2 Å². The van der Waals surface area contributed by atoms with E-state index in [-0.39, 0.29) is 0 Å². The van der Waals surface area contributed by atoms with E-state index < -0.39 is 23.8 Å². The minimum absolute atomic E-state index is 0.311. The maximum Gasteiger partial charge on any atom is 0.416 e. The Bertz CT molecular complexity index is 1300. The van der Waals surface area contributed by atoms with Crippen molar-refractivity contribution in [3.05, 3.63) is 77.9 Å². The van der Waals surface area contributed by atoms with Crippen LogP contribution < -0.4 is 4.74 Å². The molecule has 0 N–H and O–H groups in total. The van der Waals surface area contributed by atoms with E-state index in [2.05, 4.69) is 4.98 Å². The topological polar surface area (TPSA) is 48.4 Å². The quantitative estimate of drug-likeness (QED) is 0.178. The highest BCUT2D eigenvalue weighted by Gasteiger charge is 2.30. The van der Waals surface area contributed by atoms with Gasteiger partial charge in [-0.15, -0.1) is 23.1 Å². The number of carbonyl (C=O) groups excluding carboxylic acids is 1. The molecule has 4 rings (SSSR count). The third-order valence-electron chi connectivity index (χ3n) is 5.07. The van der Waals surface area contributed by atoms with E-state index in [1.54, 1.807) is 25.6 Å². The van der Waals surface area contributed by atoms with E-state index in [0.29, 0.717) is 22.9 Å². The molecule has 4 nitrogen and oxygen atoms in total. The fourth-order valence-corrected chi connectivity index (χ4v) is 5.07. The van der Waals surface area contributed by atoms with Crippen molar-refractivity contribution in [3.63, 3.8) is 0 Å². The molecular formula is C26H22F3NO3S2. The molecule has 0 fully saturated rings. The first kappa shape index (κ1) is 25.1. The van der Waals surface area contributed by atoms with Crippen LogP contribution in [-0.4, -0.2) is 23.7 Å². The van der Waals surface area contributed by atoms with E-state index in [0.717, 1.165) is 38.6 Å². The molecule has 1 unspecified atom stereocenters. The molecule has 0 radical (unpaired) electrons. The fraction of sp³-hybridized carbons (Fsp3) is 0.231.